The summed E-state index contributed by atoms with van der Waals surface area (Å²) in [7, 11) is 1.86. The van der Waals surface area contributed by atoms with Gasteiger partial charge in [0.05, 0.1) is 47.3 Å². The van der Waals surface area contributed by atoms with Crippen molar-refractivity contribution in [3.05, 3.63) is 71.6 Å². The van der Waals surface area contributed by atoms with Crippen LogP contribution in [0, 0.1) is 12.8 Å². The number of aromatic nitrogens is 4. The van der Waals surface area contributed by atoms with E-state index in [0.29, 0.717) is 35.2 Å². The highest BCUT2D eigenvalue weighted by Gasteiger charge is 2.46. The van der Waals surface area contributed by atoms with Gasteiger partial charge in [-0.2, -0.15) is 5.10 Å². The van der Waals surface area contributed by atoms with E-state index in [1.165, 1.54) is 12.8 Å². The third kappa shape index (κ3) is 4.11. The van der Waals surface area contributed by atoms with Crippen LogP contribution >= 0.6 is 0 Å². The maximum Gasteiger partial charge on any atom is 0.257 e. The second-order valence-corrected chi connectivity index (χ2v) is 9.78. The zero-order valence-electron chi connectivity index (χ0n) is 20.3. The number of allylic oxidation sites excluding steroid dienone is 2. The molecule has 2 atom stereocenters. The second kappa shape index (κ2) is 8.53. The van der Waals surface area contributed by atoms with Crippen molar-refractivity contribution in [2.45, 2.75) is 25.8 Å². The highest BCUT2D eigenvalue weighted by atomic mass is 16.2. The average molecular weight is 488 g/mol. The van der Waals surface area contributed by atoms with Gasteiger partial charge in [0.15, 0.2) is 0 Å². The van der Waals surface area contributed by atoms with Crippen molar-refractivity contribution in [3.8, 4) is 0 Å². The summed E-state index contributed by atoms with van der Waals surface area (Å²) in [5.41, 5.74) is 6.46. The number of amides is 2. The normalized spacial score (nSPS) is 20.1. The van der Waals surface area contributed by atoms with E-state index in [4.69, 9.17) is 0 Å². The number of likely N-dealkylation sites (tertiary alicyclic amines) is 1. The minimum Gasteiger partial charge on any atom is -0.324 e. The standard InChI is InChI=1S/C27H27N7O2.3H2/c1-15-22(20-11-30-33(3)13-20)7-18-6-19(10-29-26(15)18)27(36)32-23-9-21(12-28-16(23)2)31-25(35)14-34-5-4-17-8-24(17)34;;;/h6-7,9-13,17,24H,1,4-5,8,14H2,2-3H3,(H,31,35)(H,32,36);3*1H. The summed E-state index contributed by atoms with van der Waals surface area (Å²) in [4.78, 5) is 36.7. The molecule has 3 aromatic rings. The molecule has 9 heteroatoms. The van der Waals surface area contributed by atoms with E-state index in [-0.39, 0.29) is 16.1 Å². The molecule has 2 fully saturated rings. The highest BCUT2D eigenvalue weighted by Crippen LogP contribution is 2.44. The molecule has 1 saturated heterocycles. The molecular formula is C27H33N7O2. The fraction of sp³-hybridized carbons (Fsp3) is 0.296. The van der Waals surface area contributed by atoms with Crippen molar-refractivity contribution in [2.24, 2.45) is 13.0 Å². The first-order chi connectivity index (χ1) is 17.4. The highest BCUT2D eigenvalue weighted by molar-refractivity contribution is 6.16. The van der Waals surface area contributed by atoms with Crippen LogP contribution < -0.4 is 10.6 Å². The van der Waals surface area contributed by atoms with Gasteiger partial charge in [0.2, 0.25) is 5.91 Å². The number of anilines is 2. The number of carbonyl (C=O) groups is 2. The fourth-order valence-electron chi connectivity index (χ4n) is 5.15. The molecule has 0 spiro atoms. The van der Waals surface area contributed by atoms with Crippen molar-refractivity contribution in [1.82, 2.24) is 24.6 Å². The smallest absolute Gasteiger partial charge is 0.257 e. The zero-order chi connectivity index (χ0) is 25.0. The fourth-order valence-corrected chi connectivity index (χ4v) is 5.15. The predicted molar refractivity (Wildman–Crippen MR) is 144 cm³/mol. The van der Waals surface area contributed by atoms with Crippen molar-refractivity contribution in [2.75, 3.05) is 23.7 Å². The summed E-state index contributed by atoms with van der Waals surface area (Å²) >= 11 is 0. The number of piperidine rings is 1. The molecule has 36 heavy (non-hydrogen) atoms. The van der Waals surface area contributed by atoms with Crippen LogP contribution in [0.3, 0.4) is 0 Å². The van der Waals surface area contributed by atoms with Crippen molar-refractivity contribution in [1.29, 1.82) is 0 Å². The summed E-state index contributed by atoms with van der Waals surface area (Å²) < 4.78 is 1.74. The first-order valence-electron chi connectivity index (χ1n) is 12.1. The van der Waals surface area contributed by atoms with Crippen LogP contribution in [0.4, 0.5) is 11.4 Å². The van der Waals surface area contributed by atoms with Gasteiger partial charge in [0.1, 0.15) is 0 Å². The van der Waals surface area contributed by atoms with Gasteiger partial charge < -0.3 is 10.6 Å². The molecule has 3 aromatic heterocycles. The molecule has 2 aliphatic carbocycles. The van der Waals surface area contributed by atoms with E-state index < -0.39 is 0 Å². The zero-order valence-corrected chi connectivity index (χ0v) is 20.3. The quantitative estimate of drug-likeness (QED) is 0.542. The number of nitrogens with one attached hydrogen (secondary N) is 2. The summed E-state index contributed by atoms with van der Waals surface area (Å²) in [5, 5.41) is 10.1. The third-order valence-corrected chi connectivity index (χ3v) is 7.21. The first kappa shape index (κ1) is 22.4. The van der Waals surface area contributed by atoms with Gasteiger partial charge in [-0.15, -0.1) is 0 Å². The van der Waals surface area contributed by atoms with Gasteiger partial charge in [-0.25, -0.2) is 0 Å². The molecule has 2 N–H and O–H groups in total. The lowest BCUT2D eigenvalue weighted by Crippen LogP contribution is -2.33. The number of hydrogen-bond donors (Lipinski definition) is 2. The van der Waals surface area contributed by atoms with Crippen LogP contribution in [0.2, 0.25) is 0 Å². The average Bonchev–Trinajstić information content (AvgIpc) is 3.14. The van der Waals surface area contributed by atoms with Crippen LogP contribution in [0.25, 0.3) is 17.2 Å². The predicted octanol–water partition coefficient (Wildman–Crippen LogP) is 4.11. The molecule has 2 unspecified atom stereocenters. The molecule has 2 amide bonds. The van der Waals surface area contributed by atoms with E-state index in [2.05, 4.69) is 37.2 Å². The Balaban J connectivity index is 0.00000140. The first-order valence-corrected chi connectivity index (χ1v) is 12.1. The van der Waals surface area contributed by atoms with Crippen LogP contribution in [-0.4, -0.2) is 55.6 Å². The molecule has 0 bridgehead atoms. The van der Waals surface area contributed by atoms with Crippen molar-refractivity contribution >= 4 is 40.4 Å². The molecule has 4 heterocycles. The molecule has 6 rings (SSSR count). The molecular weight excluding hydrogens is 454 g/mol. The van der Waals surface area contributed by atoms with E-state index in [1.807, 2.05) is 32.3 Å². The Labute approximate surface area is 213 Å². The third-order valence-electron chi connectivity index (χ3n) is 7.21. The van der Waals surface area contributed by atoms with E-state index in [0.717, 1.165) is 40.4 Å². The number of aryl methyl sites for hydroxylation is 2. The van der Waals surface area contributed by atoms with Crippen LogP contribution in [-0.2, 0) is 11.8 Å². The summed E-state index contributed by atoms with van der Waals surface area (Å²) in [6, 6.07) is 4.13. The number of pyridine rings is 2. The van der Waals surface area contributed by atoms with Crippen molar-refractivity contribution in [3.63, 3.8) is 0 Å². The summed E-state index contributed by atoms with van der Waals surface area (Å²) in [6.45, 7) is 7.36. The lowest BCUT2D eigenvalue weighted by Gasteiger charge is -2.17. The number of nitrogens with zero attached hydrogens (tertiary/aromatic N) is 5. The molecule has 0 aromatic carbocycles. The van der Waals surface area contributed by atoms with Gasteiger partial charge in [0.25, 0.3) is 5.91 Å². The minimum absolute atomic E-state index is 0. The van der Waals surface area contributed by atoms with Gasteiger partial charge in [-0.3, -0.25) is 29.1 Å². The number of rotatable bonds is 6. The Kier molecular flexibility index (Phi) is 5.30. The number of hydrogen-bond acceptors (Lipinski definition) is 6. The Hall–Kier alpha value is -4.11. The molecule has 188 valence electrons. The van der Waals surface area contributed by atoms with E-state index in [9.17, 15) is 9.59 Å². The Morgan fingerprint density at radius 3 is 2.78 bits per heavy atom. The Morgan fingerprint density at radius 2 is 2.06 bits per heavy atom. The molecule has 9 nitrogen and oxygen atoms in total. The van der Waals surface area contributed by atoms with Crippen LogP contribution in [0.1, 0.15) is 50.0 Å². The monoisotopic (exact) mass is 487 g/mol. The number of fused-ring (bicyclic) bond motifs is 2. The molecule has 1 saturated carbocycles. The number of carbonyl (C=O) groups excluding carboxylic acids is 2. The molecule has 1 aliphatic heterocycles. The Bertz CT molecular complexity index is 1470. The van der Waals surface area contributed by atoms with Gasteiger partial charge >= 0.3 is 0 Å². The van der Waals surface area contributed by atoms with Crippen molar-refractivity contribution < 1.29 is 13.9 Å². The summed E-state index contributed by atoms with van der Waals surface area (Å²) in [5.74, 6) is 0.416. The van der Waals surface area contributed by atoms with Crippen LogP contribution in [0.15, 0.2) is 43.5 Å². The van der Waals surface area contributed by atoms with E-state index >= 15 is 0 Å². The second-order valence-electron chi connectivity index (χ2n) is 9.78. The largest absolute Gasteiger partial charge is 0.324 e. The SMILES string of the molecule is C=C1C(c2cnn(C)c2)=Cc2cc(C(=O)Nc3cc(NC(=O)CN4CCC5CC54)cnc3C)cnc21.[HH].[HH].[HH]. The Morgan fingerprint density at radius 1 is 1.19 bits per heavy atom. The van der Waals surface area contributed by atoms with Gasteiger partial charge in [0, 0.05) is 46.5 Å². The van der Waals surface area contributed by atoms with Gasteiger partial charge in [-0.1, -0.05) is 6.58 Å². The lowest BCUT2D eigenvalue weighted by molar-refractivity contribution is -0.117. The van der Waals surface area contributed by atoms with E-state index in [1.54, 1.807) is 29.3 Å². The summed E-state index contributed by atoms with van der Waals surface area (Å²) in [6.07, 6.45) is 11.2. The minimum atomic E-state index is -0.302. The molecule has 3 aliphatic rings. The lowest BCUT2D eigenvalue weighted by atomic mass is 10.1. The molecule has 0 radical (unpaired) electrons. The van der Waals surface area contributed by atoms with Gasteiger partial charge in [-0.05, 0) is 56.0 Å². The maximum absolute atomic E-state index is 13.1. The van der Waals surface area contributed by atoms with Crippen LogP contribution in [0.5, 0.6) is 0 Å². The maximum atomic E-state index is 13.1. The topological polar surface area (TPSA) is 105 Å².